The summed E-state index contributed by atoms with van der Waals surface area (Å²) >= 11 is 0. The van der Waals surface area contributed by atoms with Crippen LogP contribution in [0, 0.1) is 0 Å². The molecule has 1 aliphatic rings. The Hall–Kier alpha value is -0.320. The van der Waals surface area contributed by atoms with Crippen LogP contribution in [-0.2, 0) is 9.53 Å². The third-order valence-corrected chi connectivity index (χ3v) is 2.09. The van der Waals surface area contributed by atoms with Crippen molar-refractivity contribution in [2.75, 3.05) is 20.6 Å². The van der Waals surface area contributed by atoms with Gasteiger partial charge in [-0.2, -0.15) is 0 Å². The van der Waals surface area contributed by atoms with Gasteiger partial charge in [-0.05, 0) is 12.8 Å². The molecule has 1 aliphatic heterocycles. The maximum atomic E-state index is 11.4. The van der Waals surface area contributed by atoms with Gasteiger partial charge < -0.3 is 15.4 Å². The first-order valence-electron chi connectivity index (χ1n) is 4.22. The molecule has 1 rings (SSSR count). The number of nitrogens with two attached hydrogens (primary N) is 1. The summed E-state index contributed by atoms with van der Waals surface area (Å²) in [5.41, 5.74) is 5.42. The molecule has 1 fully saturated rings. The zero-order valence-corrected chi connectivity index (χ0v) is 8.84. The predicted octanol–water partition coefficient (Wildman–Crippen LogP) is 0.00270. The number of hydrogen-bond acceptors (Lipinski definition) is 3. The van der Waals surface area contributed by atoms with E-state index in [9.17, 15) is 4.79 Å². The van der Waals surface area contributed by atoms with E-state index < -0.39 is 0 Å². The number of likely N-dealkylation sites (N-methyl/N-ethyl adjacent to an activating group) is 1. The van der Waals surface area contributed by atoms with Gasteiger partial charge in [0.15, 0.2) is 0 Å². The number of ether oxygens (including phenoxy) is 1. The molecule has 13 heavy (non-hydrogen) atoms. The molecule has 0 aliphatic carbocycles. The molecule has 0 saturated carbocycles. The average Bonchev–Trinajstić information content (AvgIpc) is 2.50. The molecule has 0 bridgehead atoms. The third kappa shape index (κ3) is 3.14. The highest BCUT2D eigenvalue weighted by Gasteiger charge is 2.30. The van der Waals surface area contributed by atoms with Crippen molar-refractivity contribution in [3.8, 4) is 0 Å². The minimum Gasteiger partial charge on any atom is -0.364 e. The molecule has 0 spiro atoms. The van der Waals surface area contributed by atoms with Crippen molar-refractivity contribution in [2.45, 2.75) is 25.0 Å². The highest BCUT2D eigenvalue weighted by molar-refractivity contribution is 5.85. The highest BCUT2D eigenvalue weighted by atomic mass is 35.5. The predicted molar refractivity (Wildman–Crippen MR) is 52.9 cm³/mol. The molecule has 2 N–H and O–H groups in total. The van der Waals surface area contributed by atoms with Crippen LogP contribution < -0.4 is 5.73 Å². The normalized spacial score (nSPS) is 26.7. The first kappa shape index (κ1) is 12.7. The van der Waals surface area contributed by atoms with Crippen LogP contribution in [0.5, 0.6) is 0 Å². The summed E-state index contributed by atoms with van der Waals surface area (Å²) in [5, 5.41) is 0. The number of amides is 1. The SMILES string of the molecule is CN(C)C(=O)C1CCC(CN)O1.Cl. The molecule has 0 radical (unpaired) electrons. The molecular formula is C8H17ClN2O2. The monoisotopic (exact) mass is 208 g/mol. The smallest absolute Gasteiger partial charge is 0.251 e. The lowest BCUT2D eigenvalue weighted by molar-refractivity contribution is -0.140. The Morgan fingerprint density at radius 2 is 2.15 bits per heavy atom. The molecule has 0 aromatic heterocycles. The lowest BCUT2D eigenvalue weighted by Gasteiger charge is -2.16. The standard InChI is InChI=1S/C8H16N2O2.ClH/c1-10(2)8(11)7-4-3-6(5-9)12-7;/h6-7H,3-5,9H2,1-2H3;1H. The molecule has 78 valence electrons. The summed E-state index contributed by atoms with van der Waals surface area (Å²) < 4.78 is 5.42. The third-order valence-electron chi connectivity index (χ3n) is 2.09. The Balaban J connectivity index is 0.00000144. The van der Waals surface area contributed by atoms with Crippen LogP contribution in [0.1, 0.15) is 12.8 Å². The Kier molecular flexibility index (Phi) is 5.29. The fourth-order valence-corrected chi connectivity index (χ4v) is 1.35. The summed E-state index contributed by atoms with van der Waals surface area (Å²) in [5.74, 6) is 0.0472. The summed E-state index contributed by atoms with van der Waals surface area (Å²) in [6.45, 7) is 0.511. The van der Waals surface area contributed by atoms with Gasteiger partial charge in [-0.1, -0.05) is 0 Å². The van der Waals surface area contributed by atoms with Gasteiger partial charge in [0.1, 0.15) is 6.10 Å². The second kappa shape index (κ2) is 5.42. The van der Waals surface area contributed by atoms with Crippen molar-refractivity contribution in [1.29, 1.82) is 0 Å². The first-order valence-corrected chi connectivity index (χ1v) is 4.22. The van der Waals surface area contributed by atoms with Crippen molar-refractivity contribution in [3.05, 3.63) is 0 Å². The number of hydrogen-bond donors (Lipinski definition) is 1. The maximum absolute atomic E-state index is 11.4. The van der Waals surface area contributed by atoms with Crippen LogP contribution in [0.4, 0.5) is 0 Å². The van der Waals surface area contributed by atoms with E-state index in [1.165, 1.54) is 0 Å². The van der Waals surface area contributed by atoms with Gasteiger partial charge in [0, 0.05) is 20.6 Å². The molecule has 1 heterocycles. The van der Waals surface area contributed by atoms with Crippen LogP contribution in [0.3, 0.4) is 0 Å². The van der Waals surface area contributed by atoms with Gasteiger partial charge in [0.25, 0.3) is 5.91 Å². The van der Waals surface area contributed by atoms with Crippen LogP contribution in [0.25, 0.3) is 0 Å². The Labute approximate surface area is 84.8 Å². The van der Waals surface area contributed by atoms with E-state index in [4.69, 9.17) is 10.5 Å². The second-order valence-corrected chi connectivity index (χ2v) is 3.29. The number of nitrogens with zero attached hydrogens (tertiary/aromatic N) is 1. The lowest BCUT2D eigenvalue weighted by atomic mass is 10.2. The number of carbonyl (C=O) groups is 1. The quantitative estimate of drug-likeness (QED) is 0.695. The van der Waals surface area contributed by atoms with E-state index in [-0.39, 0.29) is 30.5 Å². The van der Waals surface area contributed by atoms with E-state index in [0.29, 0.717) is 6.54 Å². The molecule has 2 unspecified atom stereocenters. The molecule has 0 aromatic carbocycles. The summed E-state index contributed by atoms with van der Waals surface area (Å²) in [7, 11) is 3.48. The Bertz CT molecular complexity index is 176. The van der Waals surface area contributed by atoms with Crippen molar-refractivity contribution < 1.29 is 9.53 Å². The van der Waals surface area contributed by atoms with Gasteiger partial charge in [-0.15, -0.1) is 12.4 Å². The van der Waals surface area contributed by atoms with Crippen molar-refractivity contribution in [1.82, 2.24) is 4.90 Å². The van der Waals surface area contributed by atoms with Crippen LogP contribution >= 0.6 is 12.4 Å². The first-order chi connectivity index (χ1) is 5.65. The van der Waals surface area contributed by atoms with Gasteiger partial charge in [-0.3, -0.25) is 4.79 Å². The fraction of sp³-hybridized carbons (Fsp3) is 0.875. The van der Waals surface area contributed by atoms with E-state index >= 15 is 0 Å². The number of halogens is 1. The zero-order valence-electron chi connectivity index (χ0n) is 8.03. The maximum Gasteiger partial charge on any atom is 0.251 e. The van der Waals surface area contributed by atoms with Crippen LogP contribution in [0.15, 0.2) is 0 Å². The summed E-state index contributed by atoms with van der Waals surface area (Å²) in [6.07, 6.45) is 1.53. The topological polar surface area (TPSA) is 55.6 Å². The average molecular weight is 209 g/mol. The van der Waals surface area contributed by atoms with Crippen molar-refractivity contribution in [2.24, 2.45) is 5.73 Å². The lowest BCUT2D eigenvalue weighted by Crippen LogP contribution is -2.34. The fourth-order valence-electron chi connectivity index (χ4n) is 1.35. The summed E-state index contributed by atoms with van der Waals surface area (Å²) in [4.78, 5) is 12.9. The van der Waals surface area contributed by atoms with Gasteiger partial charge >= 0.3 is 0 Å². The Morgan fingerprint density at radius 1 is 1.54 bits per heavy atom. The van der Waals surface area contributed by atoms with E-state index in [1.54, 1.807) is 19.0 Å². The highest BCUT2D eigenvalue weighted by Crippen LogP contribution is 2.19. The molecular weight excluding hydrogens is 192 g/mol. The summed E-state index contributed by atoms with van der Waals surface area (Å²) in [6, 6.07) is 0. The number of carbonyl (C=O) groups excluding carboxylic acids is 1. The zero-order chi connectivity index (χ0) is 9.14. The molecule has 1 saturated heterocycles. The van der Waals surface area contributed by atoms with E-state index in [1.807, 2.05) is 0 Å². The largest absolute Gasteiger partial charge is 0.364 e. The molecule has 2 atom stereocenters. The van der Waals surface area contributed by atoms with Crippen LogP contribution in [0.2, 0.25) is 0 Å². The van der Waals surface area contributed by atoms with Gasteiger partial charge in [-0.25, -0.2) is 0 Å². The molecule has 0 aromatic rings. The second-order valence-electron chi connectivity index (χ2n) is 3.29. The van der Waals surface area contributed by atoms with E-state index in [0.717, 1.165) is 12.8 Å². The minimum absolute atomic E-state index is 0. The molecule has 1 amide bonds. The van der Waals surface area contributed by atoms with Crippen molar-refractivity contribution >= 4 is 18.3 Å². The van der Waals surface area contributed by atoms with Gasteiger partial charge in [0.05, 0.1) is 6.10 Å². The minimum atomic E-state index is -0.256. The van der Waals surface area contributed by atoms with Gasteiger partial charge in [0.2, 0.25) is 0 Å². The number of rotatable bonds is 2. The van der Waals surface area contributed by atoms with Crippen LogP contribution in [-0.4, -0.2) is 43.7 Å². The molecule has 4 nitrogen and oxygen atoms in total. The molecule has 5 heteroatoms. The van der Waals surface area contributed by atoms with E-state index in [2.05, 4.69) is 0 Å². The van der Waals surface area contributed by atoms with Crippen molar-refractivity contribution in [3.63, 3.8) is 0 Å². The Morgan fingerprint density at radius 3 is 2.54 bits per heavy atom.